The summed E-state index contributed by atoms with van der Waals surface area (Å²) in [6.45, 7) is 0. The Kier molecular flexibility index (Phi) is 6.50. The summed E-state index contributed by atoms with van der Waals surface area (Å²) in [6.07, 6.45) is 0. The maximum atomic E-state index is 13.1. The molecule has 5 aromatic rings. The minimum atomic E-state index is 0.0314. The van der Waals surface area contributed by atoms with Gasteiger partial charge in [-0.15, -0.1) is 10.2 Å². The molecule has 0 unspecified atom stereocenters. The molecule has 0 spiro atoms. The highest BCUT2D eigenvalue weighted by Crippen LogP contribution is 2.34. The average Bonchev–Trinajstić information content (AvgIpc) is 3.35. The molecular weight excluding hydrogens is 458 g/mol. The third kappa shape index (κ3) is 4.63. The van der Waals surface area contributed by atoms with Gasteiger partial charge in [0.2, 0.25) is 0 Å². The first-order valence-corrected chi connectivity index (χ1v) is 12.0. The summed E-state index contributed by atoms with van der Waals surface area (Å²) in [7, 11) is 3.26. The fraction of sp³-hybridized carbons (Fsp3) is 0.107. The first-order valence-electron chi connectivity index (χ1n) is 11.1. The SMILES string of the molecule is COc1ccc(-n2c(SCC(=O)c3ccc4ccccc4c3)nnc2-c2ccccc2OC)cc1. The van der Waals surface area contributed by atoms with Gasteiger partial charge < -0.3 is 9.47 Å². The molecule has 0 bridgehead atoms. The molecule has 0 saturated carbocycles. The minimum absolute atomic E-state index is 0.0314. The van der Waals surface area contributed by atoms with Crippen molar-refractivity contribution in [3.05, 3.63) is 96.6 Å². The highest BCUT2D eigenvalue weighted by atomic mass is 32.2. The Balaban J connectivity index is 1.49. The van der Waals surface area contributed by atoms with Crippen LogP contribution < -0.4 is 9.47 Å². The molecule has 0 aliphatic heterocycles. The Morgan fingerprint density at radius 1 is 0.829 bits per heavy atom. The Hall–Kier alpha value is -4.10. The van der Waals surface area contributed by atoms with Gasteiger partial charge in [0.1, 0.15) is 11.5 Å². The molecule has 7 heteroatoms. The maximum Gasteiger partial charge on any atom is 0.196 e. The van der Waals surface area contributed by atoms with Gasteiger partial charge in [-0.3, -0.25) is 9.36 Å². The fourth-order valence-corrected chi connectivity index (χ4v) is 4.75. The summed E-state index contributed by atoms with van der Waals surface area (Å²) in [5.41, 5.74) is 2.35. The molecule has 0 saturated heterocycles. The van der Waals surface area contributed by atoms with Gasteiger partial charge in [-0.25, -0.2) is 0 Å². The third-order valence-corrected chi connectivity index (χ3v) is 6.64. The largest absolute Gasteiger partial charge is 0.497 e. The van der Waals surface area contributed by atoms with Crippen LogP contribution in [-0.4, -0.2) is 40.5 Å². The van der Waals surface area contributed by atoms with E-state index in [-0.39, 0.29) is 11.5 Å². The lowest BCUT2D eigenvalue weighted by Gasteiger charge is -2.13. The van der Waals surface area contributed by atoms with Gasteiger partial charge >= 0.3 is 0 Å². The Labute approximate surface area is 207 Å². The first kappa shape index (κ1) is 22.7. The van der Waals surface area contributed by atoms with E-state index < -0.39 is 0 Å². The molecule has 1 aromatic heterocycles. The zero-order chi connectivity index (χ0) is 24.2. The number of methoxy groups -OCH3 is 2. The lowest BCUT2D eigenvalue weighted by molar-refractivity contribution is 0.102. The van der Waals surface area contributed by atoms with Crippen LogP contribution in [0.5, 0.6) is 11.5 Å². The highest BCUT2D eigenvalue weighted by Gasteiger charge is 2.20. The van der Waals surface area contributed by atoms with Crippen LogP contribution in [0.3, 0.4) is 0 Å². The molecule has 4 aromatic carbocycles. The molecule has 1 heterocycles. The van der Waals surface area contributed by atoms with Crippen molar-refractivity contribution in [2.45, 2.75) is 5.16 Å². The molecule has 0 aliphatic rings. The molecule has 0 aliphatic carbocycles. The van der Waals surface area contributed by atoms with E-state index in [1.54, 1.807) is 14.2 Å². The zero-order valence-corrected chi connectivity index (χ0v) is 20.2. The van der Waals surface area contributed by atoms with Crippen LogP contribution in [0.25, 0.3) is 27.8 Å². The summed E-state index contributed by atoms with van der Waals surface area (Å²) >= 11 is 1.36. The Morgan fingerprint density at radius 2 is 1.57 bits per heavy atom. The molecule has 0 radical (unpaired) electrons. The quantitative estimate of drug-likeness (QED) is 0.198. The number of aromatic nitrogens is 3. The van der Waals surface area contributed by atoms with Crippen molar-refractivity contribution in [1.29, 1.82) is 0 Å². The van der Waals surface area contributed by atoms with Crippen LogP contribution in [-0.2, 0) is 0 Å². The Bertz CT molecular complexity index is 1500. The molecule has 6 nitrogen and oxygen atoms in total. The van der Waals surface area contributed by atoms with E-state index in [2.05, 4.69) is 10.2 Å². The molecule has 0 N–H and O–H groups in total. The maximum absolute atomic E-state index is 13.1. The zero-order valence-electron chi connectivity index (χ0n) is 19.3. The number of ether oxygens (including phenoxy) is 2. The molecule has 35 heavy (non-hydrogen) atoms. The van der Waals surface area contributed by atoms with Gasteiger partial charge in [0, 0.05) is 5.56 Å². The smallest absolute Gasteiger partial charge is 0.196 e. The normalized spacial score (nSPS) is 10.9. The van der Waals surface area contributed by atoms with Crippen molar-refractivity contribution >= 4 is 28.3 Å². The highest BCUT2D eigenvalue weighted by molar-refractivity contribution is 7.99. The summed E-state index contributed by atoms with van der Waals surface area (Å²) in [5.74, 6) is 2.34. The van der Waals surface area contributed by atoms with Gasteiger partial charge in [0.05, 0.1) is 31.2 Å². The second kappa shape index (κ2) is 10.0. The van der Waals surface area contributed by atoms with Crippen molar-refractivity contribution < 1.29 is 14.3 Å². The number of para-hydroxylation sites is 1. The van der Waals surface area contributed by atoms with Crippen LogP contribution in [0.4, 0.5) is 0 Å². The number of hydrogen-bond acceptors (Lipinski definition) is 6. The van der Waals surface area contributed by atoms with E-state index in [1.165, 1.54) is 11.8 Å². The van der Waals surface area contributed by atoms with Crippen molar-refractivity contribution in [1.82, 2.24) is 14.8 Å². The number of benzene rings is 4. The van der Waals surface area contributed by atoms with Gasteiger partial charge in [0.15, 0.2) is 16.8 Å². The first-order chi connectivity index (χ1) is 17.2. The summed E-state index contributed by atoms with van der Waals surface area (Å²) in [5, 5.41) is 11.7. The predicted octanol–water partition coefficient (Wildman–Crippen LogP) is 6.08. The van der Waals surface area contributed by atoms with Gasteiger partial charge in [-0.2, -0.15) is 0 Å². The number of thioether (sulfide) groups is 1. The number of carbonyl (C=O) groups excluding carboxylic acids is 1. The number of ketones is 1. The number of hydrogen-bond donors (Lipinski definition) is 0. The number of rotatable bonds is 8. The topological polar surface area (TPSA) is 66.2 Å². The van der Waals surface area contributed by atoms with E-state index in [9.17, 15) is 4.79 Å². The summed E-state index contributed by atoms with van der Waals surface area (Å²) in [4.78, 5) is 13.1. The van der Waals surface area contributed by atoms with E-state index in [4.69, 9.17) is 9.47 Å². The second-order valence-electron chi connectivity index (χ2n) is 7.81. The number of fused-ring (bicyclic) bond motifs is 1. The predicted molar refractivity (Wildman–Crippen MR) is 139 cm³/mol. The van der Waals surface area contributed by atoms with Crippen molar-refractivity contribution in [2.75, 3.05) is 20.0 Å². The van der Waals surface area contributed by atoms with Crippen LogP contribution in [0.2, 0.25) is 0 Å². The molecule has 0 atom stereocenters. The number of nitrogens with zero attached hydrogens (tertiary/aromatic N) is 3. The lowest BCUT2D eigenvalue weighted by Crippen LogP contribution is -2.05. The molecule has 174 valence electrons. The van der Waals surface area contributed by atoms with E-state index in [0.717, 1.165) is 27.8 Å². The summed E-state index contributed by atoms with van der Waals surface area (Å²) < 4.78 is 12.8. The summed E-state index contributed by atoms with van der Waals surface area (Å²) in [6, 6.07) is 29.1. The van der Waals surface area contributed by atoms with Gasteiger partial charge in [0.25, 0.3) is 0 Å². The van der Waals surface area contributed by atoms with Crippen molar-refractivity contribution in [2.24, 2.45) is 0 Å². The monoisotopic (exact) mass is 481 g/mol. The Morgan fingerprint density at radius 3 is 2.34 bits per heavy atom. The standard InChI is InChI=1S/C28H23N3O3S/c1-33-23-15-13-22(14-16-23)31-27(24-9-5-6-10-26(24)34-2)29-30-28(31)35-18-25(32)21-12-11-19-7-3-4-8-20(19)17-21/h3-17H,18H2,1-2H3. The fourth-order valence-electron chi connectivity index (χ4n) is 3.91. The van der Waals surface area contributed by atoms with Crippen LogP contribution >= 0.6 is 11.8 Å². The average molecular weight is 482 g/mol. The number of Topliss-reactive ketones (excluding diaryl/α,β-unsaturated/α-hetero) is 1. The third-order valence-electron chi connectivity index (χ3n) is 5.72. The van der Waals surface area contributed by atoms with Crippen LogP contribution in [0.1, 0.15) is 10.4 Å². The van der Waals surface area contributed by atoms with E-state index in [1.807, 2.05) is 95.6 Å². The second-order valence-corrected chi connectivity index (χ2v) is 8.76. The molecular formula is C28H23N3O3S. The van der Waals surface area contributed by atoms with Gasteiger partial charge in [-0.05, 0) is 53.2 Å². The van der Waals surface area contributed by atoms with Crippen molar-refractivity contribution in [3.63, 3.8) is 0 Å². The minimum Gasteiger partial charge on any atom is -0.497 e. The van der Waals surface area contributed by atoms with Crippen LogP contribution in [0, 0.1) is 0 Å². The van der Waals surface area contributed by atoms with Crippen molar-refractivity contribution in [3.8, 4) is 28.6 Å². The number of carbonyl (C=O) groups is 1. The van der Waals surface area contributed by atoms with E-state index in [0.29, 0.717) is 22.3 Å². The molecule has 0 amide bonds. The van der Waals surface area contributed by atoms with E-state index >= 15 is 0 Å². The van der Waals surface area contributed by atoms with Gasteiger partial charge in [-0.1, -0.05) is 60.3 Å². The molecule has 5 rings (SSSR count). The lowest BCUT2D eigenvalue weighted by atomic mass is 10.1. The van der Waals surface area contributed by atoms with Crippen LogP contribution in [0.15, 0.2) is 96.2 Å². The molecule has 0 fully saturated rings.